The first-order chi connectivity index (χ1) is 13.8. The second-order valence-electron chi connectivity index (χ2n) is 10.6. The van der Waals surface area contributed by atoms with E-state index < -0.39 is 0 Å². The van der Waals surface area contributed by atoms with Crippen LogP contribution in [-0.2, 0) is 10.2 Å². The molecular formula is C27H33NO. The molecular weight excluding hydrogens is 354 g/mol. The van der Waals surface area contributed by atoms with Crippen LogP contribution in [0.25, 0.3) is 0 Å². The Morgan fingerprint density at radius 1 is 0.862 bits per heavy atom. The van der Waals surface area contributed by atoms with Crippen molar-refractivity contribution in [3.05, 3.63) is 64.2 Å². The largest absolute Gasteiger partial charge is 0.325 e. The number of aryl methyl sites for hydroxylation is 4. The molecule has 0 heterocycles. The van der Waals surface area contributed by atoms with Crippen LogP contribution < -0.4 is 5.32 Å². The van der Waals surface area contributed by atoms with E-state index >= 15 is 0 Å². The summed E-state index contributed by atoms with van der Waals surface area (Å²) in [4.78, 5) is 13.8. The molecule has 4 fully saturated rings. The van der Waals surface area contributed by atoms with Gasteiger partial charge in [-0.2, -0.15) is 0 Å². The molecule has 2 aromatic carbocycles. The van der Waals surface area contributed by atoms with Crippen molar-refractivity contribution in [2.24, 2.45) is 17.3 Å². The molecule has 152 valence electrons. The zero-order valence-electron chi connectivity index (χ0n) is 18.3. The predicted molar refractivity (Wildman–Crippen MR) is 119 cm³/mol. The fourth-order valence-corrected chi connectivity index (χ4v) is 7.40. The van der Waals surface area contributed by atoms with Crippen molar-refractivity contribution in [3.63, 3.8) is 0 Å². The van der Waals surface area contributed by atoms with Crippen molar-refractivity contribution in [1.82, 2.24) is 0 Å². The van der Waals surface area contributed by atoms with Crippen molar-refractivity contribution in [1.29, 1.82) is 0 Å². The zero-order chi connectivity index (χ0) is 20.4. The lowest BCUT2D eigenvalue weighted by atomic mass is 9.42. The lowest BCUT2D eigenvalue weighted by Gasteiger charge is -2.61. The van der Waals surface area contributed by atoms with E-state index in [2.05, 4.69) is 69.4 Å². The van der Waals surface area contributed by atoms with Gasteiger partial charge < -0.3 is 5.32 Å². The van der Waals surface area contributed by atoms with E-state index in [4.69, 9.17) is 0 Å². The van der Waals surface area contributed by atoms with E-state index in [1.165, 1.54) is 47.1 Å². The number of amides is 1. The average molecular weight is 388 g/mol. The molecule has 2 heteroatoms. The monoisotopic (exact) mass is 387 g/mol. The summed E-state index contributed by atoms with van der Waals surface area (Å²) in [5.41, 5.74) is 7.42. The maximum Gasteiger partial charge on any atom is 0.230 e. The SMILES string of the molecule is Cc1ccc(C23C[C@@H]4C[C@@H](CC(C(=O)Nc5c(C)cc(C)cc5C)(C4)C2)C3)cc1. The fourth-order valence-electron chi connectivity index (χ4n) is 7.40. The Kier molecular flexibility index (Phi) is 4.21. The Labute approximate surface area is 175 Å². The van der Waals surface area contributed by atoms with E-state index in [9.17, 15) is 4.79 Å². The van der Waals surface area contributed by atoms with Crippen molar-refractivity contribution >= 4 is 11.6 Å². The van der Waals surface area contributed by atoms with E-state index in [1.54, 1.807) is 0 Å². The molecule has 0 spiro atoms. The normalized spacial score (nSPS) is 32.4. The van der Waals surface area contributed by atoms with E-state index in [1.807, 2.05) is 0 Å². The molecule has 1 N–H and O–H groups in total. The van der Waals surface area contributed by atoms with Crippen LogP contribution in [0.1, 0.15) is 66.3 Å². The molecule has 4 saturated carbocycles. The third kappa shape index (κ3) is 3.03. The van der Waals surface area contributed by atoms with Gasteiger partial charge in [-0.15, -0.1) is 0 Å². The van der Waals surface area contributed by atoms with Crippen LogP contribution in [0.15, 0.2) is 36.4 Å². The van der Waals surface area contributed by atoms with Crippen molar-refractivity contribution in [2.75, 3.05) is 5.32 Å². The summed E-state index contributed by atoms with van der Waals surface area (Å²) in [7, 11) is 0. The number of rotatable bonds is 3. The first-order valence-electron chi connectivity index (χ1n) is 11.3. The molecule has 2 nitrogen and oxygen atoms in total. The van der Waals surface area contributed by atoms with Crippen LogP contribution in [0, 0.1) is 44.9 Å². The summed E-state index contributed by atoms with van der Waals surface area (Å²) >= 11 is 0. The lowest BCUT2D eigenvalue weighted by Crippen LogP contribution is -2.58. The standard InChI is InChI=1S/C27H33NO/c1-17-5-7-23(8-6-17)26-12-21-11-22(13-26)15-27(14-21,16-26)25(29)28-24-19(3)9-18(2)10-20(24)4/h5-10,21-22H,11-16H2,1-4H3,(H,28,29)/t21-,22+,26?,27?. The van der Waals surface area contributed by atoms with Crippen LogP contribution in [0.3, 0.4) is 0 Å². The number of hydrogen-bond donors (Lipinski definition) is 1. The molecule has 4 atom stereocenters. The van der Waals surface area contributed by atoms with Gasteiger partial charge in [0, 0.05) is 5.69 Å². The van der Waals surface area contributed by atoms with E-state index in [0.717, 1.165) is 24.9 Å². The molecule has 0 aromatic heterocycles. The Morgan fingerprint density at radius 2 is 1.45 bits per heavy atom. The van der Waals surface area contributed by atoms with Crippen LogP contribution in [0.2, 0.25) is 0 Å². The number of carbonyl (C=O) groups is 1. The maximum absolute atomic E-state index is 13.8. The van der Waals surface area contributed by atoms with Crippen molar-refractivity contribution in [3.8, 4) is 0 Å². The van der Waals surface area contributed by atoms with Gasteiger partial charge in [-0.1, -0.05) is 47.5 Å². The second-order valence-corrected chi connectivity index (χ2v) is 10.6. The molecule has 29 heavy (non-hydrogen) atoms. The lowest BCUT2D eigenvalue weighted by molar-refractivity contribution is -0.143. The average Bonchev–Trinajstić information content (AvgIpc) is 2.63. The zero-order valence-corrected chi connectivity index (χ0v) is 18.3. The van der Waals surface area contributed by atoms with Crippen LogP contribution >= 0.6 is 0 Å². The van der Waals surface area contributed by atoms with Gasteiger partial charge in [-0.3, -0.25) is 4.79 Å². The van der Waals surface area contributed by atoms with Crippen LogP contribution in [0.4, 0.5) is 5.69 Å². The molecule has 6 rings (SSSR count). The van der Waals surface area contributed by atoms with Gasteiger partial charge >= 0.3 is 0 Å². The molecule has 1 amide bonds. The minimum atomic E-state index is -0.196. The Bertz CT molecular complexity index is 934. The first kappa shape index (κ1) is 18.9. The summed E-state index contributed by atoms with van der Waals surface area (Å²) in [6, 6.07) is 13.5. The summed E-state index contributed by atoms with van der Waals surface area (Å²) in [6.45, 7) is 8.51. The van der Waals surface area contributed by atoms with Crippen molar-refractivity contribution < 1.29 is 4.79 Å². The summed E-state index contributed by atoms with van der Waals surface area (Å²) < 4.78 is 0. The molecule has 4 aliphatic rings. The predicted octanol–water partition coefficient (Wildman–Crippen LogP) is 6.40. The van der Waals surface area contributed by atoms with Gasteiger partial charge in [0.05, 0.1) is 5.41 Å². The molecule has 2 unspecified atom stereocenters. The Balaban J connectivity index is 1.49. The molecule has 0 aliphatic heterocycles. The quantitative estimate of drug-likeness (QED) is 0.649. The van der Waals surface area contributed by atoms with Gasteiger partial charge in [0.1, 0.15) is 0 Å². The Morgan fingerprint density at radius 3 is 2.03 bits per heavy atom. The highest BCUT2D eigenvalue weighted by Crippen LogP contribution is 2.66. The molecule has 4 aliphatic carbocycles. The highest BCUT2D eigenvalue weighted by Gasteiger charge is 2.60. The minimum Gasteiger partial charge on any atom is -0.325 e. The van der Waals surface area contributed by atoms with Gasteiger partial charge in [0.15, 0.2) is 0 Å². The topological polar surface area (TPSA) is 29.1 Å². The third-order valence-electron chi connectivity index (χ3n) is 8.12. The molecule has 4 bridgehead atoms. The molecule has 0 saturated heterocycles. The number of nitrogens with one attached hydrogen (secondary N) is 1. The number of hydrogen-bond acceptors (Lipinski definition) is 1. The smallest absolute Gasteiger partial charge is 0.230 e. The van der Waals surface area contributed by atoms with Gasteiger partial charge in [-0.05, 0) is 100 Å². The van der Waals surface area contributed by atoms with Gasteiger partial charge in [0.25, 0.3) is 0 Å². The highest BCUT2D eigenvalue weighted by atomic mass is 16.2. The Hall–Kier alpha value is -2.09. The van der Waals surface area contributed by atoms with Gasteiger partial charge in [-0.25, -0.2) is 0 Å². The number of carbonyl (C=O) groups excluding carboxylic acids is 1. The van der Waals surface area contributed by atoms with Crippen molar-refractivity contribution in [2.45, 2.75) is 71.6 Å². The molecule has 2 aromatic rings. The number of benzene rings is 2. The van der Waals surface area contributed by atoms with Gasteiger partial charge in [0.2, 0.25) is 5.91 Å². The highest BCUT2D eigenvalue weighted by molar-refractivity contribution is 5.97. The summed E-state index contributed by atoms with van der Waals surface area (Å²) in [5, 5.41) is 3.40. The first-order valence-corrected chi connectivity index (χ1v) is 11.3. The van der Waals surface area contributed by atoms with E-state index in [0.29, 0.717) is 11.8 Å². The minimum absolute atomic E-state index is 0.196. The maximum atomic E-state index is 13.8. The van der Waals surface area contributed by atoms with E-state index in [-0.39, 0.29) is 16.7 Å². The fraction of sp³-hybridized carbons (Fsp3) is 0.519. The summed E-state index contributed by atoms with van der Waals surface area (Å²) in [5.74, 6) is 1.67. The van der Waals surface area contributed by atoms with Crippen LogP contribution in [-0.4, -0.2) is 5.91 Å². The second kappa shape index (κ2) is 6.45. The molecule has 0 radical (unpaired) electrons. The van der Waals surface area contributed by atoms with Crippen LogP contribution in [0.5, 0.6) is 0 Å². The number of anilines is 1. The summed E-state index contributed by atoms with van der Waals surface area (Å²) in [6.07, 6.45) is 7.03. The third-order valence-corrected chi connectivity index (χ3v) is 8.12.